The molecule has 0 bridgehead atoms. The van der Waals surface area contributed by atoms with Gasteiger partial charge in [-0.25, -0.2) is 0 Å². The van der Waals surface area contributed by atoms with Crippen molar-refractivity contribution in [3.63, 3.8) is 0 Å². The highest BCUT2D eigenvalue weighted by Crippen LogP contribution is 2.20. The molecule has 0 aliphatic rings. The SMILES string of the molecule is CCNC(CN(C)CC(C)CC)C(C)(C)C. The molecule has 98 valence electrons. The summed E-state index contributed by atoms with van der Waals surface area (Å²) in [5, 5.41) is 3.60. The Balaban J connectivity index is 4.18. The Kier molecular flexibility index (Phi) is 7.25. The van der Waals surface area contributed by atoms with Crippen LogP contribution in [-0.2, 0) is 0 Å². The Morgan fingerprint density at radius 1 is 1.12 bits per heavy atom. The van der Waals surface area contributed by atoms with Crippen LogP contribution in [0.2, 0.25) is 0 Å². The summed E-state index contributed by atoms with van der Waals surface area (Å²) >= 11 is 0. The van der Waals surface area contributed by atoms with Crippen molar-refractivity contribution in [1.29, 1.82) is 0 Å². The molecule has 0 saturated heterocycles. The van der Waals surface area contributed by atoms with Crippen LogP contribution < -0.4 is 5.32 Å². The summed E-state index contributed by atoms with van der Waals surface area (Å²) in [6.07, 6.45) is 1.27. The highest BCUT2D eigenvalue weighted by Gasteiger charge is 2.24. The van der Waals surface area contributed by atoms with Gasteiger partial charge in [-0.2, -0.15) is 0 Å². The van der Waals surface area contributed by atoms with Gasteiger partial charge in [0.15, 0.2) is 0 Å². The molecule has 0 radical (unpaired) electrons. The van der Waals surface area contributed by atoms with E-state index < -0.39 is 0 Å². The molecule has 2 atom stereocenters. The van der Waals surface area contributed by atoms with Crippen molar-refractivity contribution in [2.24, 2.45) is 11.3 Å². The summed E-state index contributed by atoms with van der Waals surface area (Å²) in [6, 6.07) is 0.576. The van der Waals surface area contributed by atoms with E-state index in [4.69, 9.17) is 0 Å². The Bertz CT molecular complexity index is 172. The Morgan fingerprint density at radius 3 is 2.06 bits per heavy atom. The Labute approximate surface area is 103 Å². The van der Waals surface area contributed by atoms with E-state index >= 15 is 0 Å². The third-order valence-electron chi connectivity index (χ3n) is 3.31. The maximum atomic E-state index is 3.60. The van der Waals surface area contributed by atoms with Crippen molar-refractivity contribution in [3.05, 3.63) is 0 Å². The molecule has 2 unspecified atom stereocenters. The summed E-state index contributed by atoms with van der Waals surface area (Å²) in [6.45, 7) is 17.1. The molecule has 0 spiro atoms. The van der Waals surface area contributed by atoms with Crippen molar-refractivity contribution in [2.75, 3.05) is 26.7 Å². The van der Waals surface area contributed by atoms with E-state index in [1.54, 1.807) is 0 Å². The number of hydrogen-bond donors (Lipinski definition) is 1. The van der Waals surface area contributed by atoms with Crippen LogP contribution in [0.3, 0.4) is 0 Å². The maximum absolute atomic E-state index is 3.60. The Morgan fingerprint density at radius 2 is 1.69 bits per heavy atom. The average Bonchev–Trinajstić information content (AvgIpc) is 2.15. The smallest absolute Gasteiger partial charge is 0.0243 e. The van der Waals surface area contributed by atoms with Crippen LogP contribution in [0.25, 0.3) is 0 Å². The monoisotopic (exact) mass is 228 g/mol. The Hall–Kier alpha value is -0.0800. The average molecular weight is 228 g/mol. The number of nitrogens with one attached hydrogen (secondary N) is 1. The molecule has 16 heavy (non-hydrogen) atoms. The minimum Gasteiger partial charge on any atom is -0.312 e. The highest BCUT2D eigenvalue weighted by molar-refractivity contribution is 4.82. The maximum Gasteiger partial charge on any atom is 0.0243 e. The molecular formula is C14H32N2. The van der Waals surface area contributed by atoms with E-state index in [0.717, 1.165) is 19.0 Å². The fourth-order valence-corrected chi connectivity index (χ4v) is 1.94. The van der Waals surface area contributed by atoms with E-state index in [0.29, 0.717) is 11.5 Å². The van der Waals surface area contributed by atoms with Gasteiger partial charge in [0, 0.05) is 19.1 Å². The zero-order valence-corrected chi connectivity index (χ0v) is 12.4. The van der Waals surface area contributed by atoms with Crippen LogP contribution in [0, 0.1) is 11.3 Å². The molecule has 0 fully saturated rings. The number of hydrogen-bond acceptors (Lipinski definition) is 2. The summed E-state index contributed by atoms with van der Waals surface area (Å²) < 4.78 is 0. The van der Waals surface area contributed by atoms with Gasteiger partial charge in [-0.15, -0.1) is 0 Å². The molecule has 0 rings (SSSR count). The first-order chi connectivity index (χ1) is 7.31. The second kappa shape index (κ2) is 7.29. The lowest BCUT2D eigenvalue weighted by molar-refractivity contribution is 0.182. The van der Waals surface area contributed by atoms with Crippen LogP contribution >= 0.6 is 0 Å². The second-order valence-electron chi connectivity index (χ2n) is 6.21. The first kappa shape index (κ1) is 15.9. The van der Waals surface area contributed by atoms with Gasteiger partial charge in [0.25, 0.3) is 0 Å². The predicted molar refractivity (Wildman–Crippen MR) is 73.9 cm³/mol. The largest absolute Gasteiger partial charge is 0.312 e. The molecule has 2 nitrogen and oxygen atoms in total. The zero-order chi connectivity index (χ0) is 12.8. The minimum atomic E-state index is 0.333. The molecule has 0 aromatic rings. The molecule has 0 saturated carbocycles. The van der Waals surface area contributed by atoms with E-state index in [2.05, 4.69) is 58.8 Å². The highest BCUT2D eigenvalue weighted by atomic mass is 15.1. The van der Waals surface area contributed by atoms with Gasteiger partial charge in [0.1, 0.15) is 0 Å². The predicted octanol–water partition coefficient (Wildman–Crippen LogP) is 2.99. The lowest BCUT2D eigenvalue weighted by atomic mass is 9.86. The van der Waals surface area contributed by atoms with Crippen molar-refractivity contribution < 1.29 is 0 Å². The third-order valence-corrected chi connectivity index (χ3v) is 3.31. The lowest BCUT2D eigenvalue weighted by Gasteiger charge is -2.35. The van der Waals surface area contributed by atoms with Gasteiger partial charge in [0.2, 0.25) is 0 Å². The molecule has 2 heteroatoms. The van der Waals surface area contributed by atoms with Crippen molar-refractivity contribution in [2.45, 2.75) is 54.0 Å². The molecule has 0 amide bonds. The van der Waals surface area contributed by atoms with Crippen LogP contribution in [0.15, 0.2) is 0 Å². The summed E-state index contributed by atoms with van der Waals surface area (Å²) in [5.74, 6) is 0.798. The fraction of sp³-hybridized carbons (Fsp3) is 1.00. The topological polar surface area (TPSA) is 15.3 Å². The van der Waals surface area contributed by atoms with Crippen molar-refractivity contribution in [1.82, 2.24) is 10.2 Å². The van der Waals surface area contributed by atoms with Crippen LogP contribution in [-0.4, -0.2) is 37.6 Å². The normalized spacial score (nSPS) is 16.5. The van der Waals surface area contributed by atoms with Gasteiger partial charge in [-0.05, 0) is 24.9 Å². The summed E-state index contributed by atoms with van der Waals surface area (Å²) in [4.78, 5) is 2.47. The van der Waals surface area contributed by atoms with Crippen LogP contribution in [0.1, 0.15) is 48.0 Å². The lowest BCUT2D eigenvalue weighted by Crippen LogP contribution is -2.48. The first-order valence-corrected chi connectivity index (χ1v) is 6.73. The second-order valence-corrected chi connectivity index (χ2v) is 6.21. The van der Waals surface area contributed by atoms with Crippen LogP contribution in [0.5, 0.6) is 0 Å². The van der Waals surface area contributed by atoms with Crippen molar-refractivity contribution >= 4 is 0 Å². The van der Waals surface area contributed by atoms with Gasteiger partial charge >= 0.3 is 0 Å². The summed E-state index contributed by atoms with van der Waals surface area (Å²) in [5.41, 5.74) is 0.333. The number of rotatable bonds is 7. The first-order valence-electron chi connectivity index (χ1n) is 6.73. The molecule has 0 aliphatic carbocycles. The van der Waals surface area contributed by atoms with Crippen molar-refractivity contribution in [3.8, 4) is 0 Å². The summed E-state index contributed by atoms with van der Waals surface area (Å²) in [7, 11) is 2.24. The van der Waals surface area contributed by atoms with E-state index in [1.165, 1.54) is 13.0 Å². The minimum absolute atomic E-state index is 0.333. The van der Waals surface area contributed by atoms with Gasteiger partial charge in [0.05, 0.1) is 0 Å². The molecule has 0 aromatic heterocycles. The van der Waals surface area contributed by atoms with E-state index in [9.17, 15) is 0 Å². The van der Waals surface area contributed by atoms with E-state index in [1.807, 2.05) is 0 Å². The van der Waals surface area contributed by atoms with Crippen LogP contribution in [0.4, 0.5) is 0 Å². The van der Waals surface area contributed by atoms with Gasteiger partial charge in [-0.1, -0.05) is 48.0 Å². The third kappa shape index (κ3) is 6.49. The van der Waals surface area contributed by atoms with Gasteiger partial charge in [-0.3, -0.25) is 0 Å². The molecule has 0 heterocycles. The molecule has 0 aromatic carbocycles. The van der Waals surface area contributed by atoms with Gasteiger partial charge < -0.3 is 10.2 Å². The molecule has 0 aliphatic heterocycles. The molecule has 1 N–H and O–H groups in total. The quantitative estimate of drug-likeness (QED) is 0.720. The number of nitrogens with zero attached hydrogens (tertiary/aromatic N) is 1. The molecular weight excluding hydrogens is 196 g/mol. The zero-order valence-electron chi connectivity index (χ0n) is 12.4. The standard InChI is InChI=1S/C14H32N2/c1-8-12(3)10-16(7)11-13(15-9-2)14(4,5)6/h12-13,15H,8-11H2,1-7H3. The van der Waals surface area contributed by atoms with E-state index in [-0.39, 0.29) is 0 Å². The fourth-order valence-electron chi connectivity index (χ4n) is 1.94. The number of likely N-dealkylation sites (N-methyl/N-ethyl adjacent to an activating group) is 2.